The zero-order valence-corrected chi connectivity index (χ0v) is 14.1. The maximum absolute atomic E-state index is 12.5. The SMILES string of the molecule is O=C(Nc1cccc(Cl)c1)C1=C(c2ccccc2)S(=O)(=O)CCO1. The molecule has 0 bridgehead atoms. The summed E-state index contributed by atoms with van der Waals surface area (Å²) < 4.78 is 30.3. The second kappa shape index (κ2) is 6.67. The summed E-state index contributed by atoms with van der Waals surface area (Å²) in [6.45, 7) is -0.0586. The lowest BCUT2D eigenvalue weighted by atomic mass is 10.2. The van der Waals surface area contributed by atoms with E-state index in [4.69, 9.17) is 16.3 Å². The molecule has 0 radical (unpaired) electrons. The average Bonchev–Trinajstić information content (AvgIpc) is 2.54. The van der Waals surface area contributed by atoms with Crippen LogP contribution in [-0.4, -0.2) is 26.7 Å². The quantitative estimate of drug-likeness (QED) is 0.909. The molecule has 7 heteroatoms. The van der Waals surface area contributed by atoms with E-state index in [1.165, 1.54) is 0 Å². The highest BCUT2D eigenvalue weighted by Crippen LogP contribution is 2.30. The summed E-state index contributed by atoms with van der Waals surface area (Å²) in [4.78, 5) is 12.5. The van der Waals surface area contributed by atoms with Gasteiger partial charge in [0.2, 0.25) is 5.76 Å². The minimum Gasteiger partial charge on any atom is -0.486 e. The molecule has 0 aromatic heterocycles. The first-order valence-corrected chi connectivity index (χ1v) is 9.22. The van der Waals surface area contributed by atoms with Gasteiger partial charge in [0.1, 0.15) is 11.5 Å². The van der Waals surface area contributed by atoms with Gasteiger partial charge in [-0.2, -0.15) is 0 Å². The van der Waals surface area contributed by atoms with Crippen LogP contribution in [-0.2, 0) is 19.4 Å². The van der Waals surface area contributed by atoms with Crippen LogP contribution in [0.5, 0.6) is 0 Å². The first kappa shape index (κ1) is 16.5. The number of ether oxygens (including phenoxy) is 1. The van der Waals surface area contributed by atoms with Gasteiger partial charge in [0, 0.05) is 10.7 Å². The Balaban J connectivity index is 2.04. The van der Waals surface area contributed by atoms with E-state index in [1.54, 1.807) is 54.6 Å². The van der Waals surface area contributed by atoms with Crippen molar-refractivity contribution in [1.82, 2.24) is 0 Å². The first-order chi connectivity index (χ1) is 11.5. The Kier molecular flexibility index (Phi) is 4.59. The molecule has 1 aliphatic heterocycles. The molecule has 2 aromatic carbocycles. The molecular formula is C17H14ClNO4S. The van der Waals surface area contributed by atoms with Gasteiger partial charge in [0.05, 0.1) is 5.75 Å². The Morgan fingerprint density at radius 1 is 1.08 bits per heavy atom. The van der Waals surface area contributed by atoms with E-state index < -0.39 is 15.7 Å². The van der Waals surface area contributed by atoms with Crippen LogP contribution < -0.4 is 5.32 Å². The molecule has 2 aromatic rings. The number of nitrogens with one attached hydrogen (secondary N) is 1. The van der Waals surface area contributed by atoms with Gasteiger partial charge in [-0.1, -0.05) is 48.0 Å². The second-order valence-electron chi connectivity index (χ2n) is 5.16. The Bertz CT molecular complexity index is 907. The van der Waals surface area contributed by atoms with Crippen LogP contribution in [0.2, 0.25) is 5.02 Å². The maximum atomic E-state index is 12.5. The third-order valence-corrected chi connectivity index (χ3v) is 5.42. The molecule has 1 heterocycles. The Morgan fingerprint density at radius 3 is 2.54 bits per heavy atom. The lowest BCUT2D eigenvalue weighted by molar-refractivity contribution is -0.115. The molecule has 124 valence electrons. The topological polar surface area (TPSA) is 72.5 Å². The number of halogens is 1. The Hall–Kier alpha value is -2.31. The molecule has 1 amide bonds. The molecule has 0 fully saturated rings. The van der Waals surface area contributed by atoms with Gasteiger partial charge < -0.3 is 10.1 Å². The van der Waals surface area contributed by atoms with Crippen LogP contribution in [0.25, 0.3) is 4.91 Å². The van der Waals surface area contributed by atoms with Gasteiger partial charge in [-0.3, -0.25) is 4.79 Å². The largest absolute Gasteiger partial charge is 0.486 e. The van der Waals surface area contributed by atoms with Crippen molar-refractivity contribution in [3.63, 3.8) is 0 Å². The van der Waals surface area contributed by atoms with Gasteiger partial charge in [-0.05, 0) is 23.8 Å². The van der Waals surface area contributed by atoms with E-state index in [9.17, 15) is 13.2 Å². The Morgan fingerprint density at radius 2 is 1.83 bits per heavy atom. The zero-order valence-electron chi connectivity index (χ0n) is 12.5. The fourth-order valence-corrected chi connectivity index (χ4v) is 4.01. The fourth-order valence-electron chi connectivity index (χ4n) is 2.39. The van der Waals surface area contributed by atoms with E-state index in [1.807, 2.05) is 0 Å². The van der Waals surface area contributed by atoms with E-state index in [2.05, 4.69) is 5.32 Å². The summed E-state index contributed by atoms with van der Waals surface area (Å²) in [5, 5.41) is 3.08. The van der Waals surface area contributed by atoms with Crippen molar-refractivity contribution in [3.05, 3.63) is 70.9 Å². The summed E-state index contributed by atoms with van der Waals surface area (Å²) >= 11 is 5.89. The molecular weight excluding hydrogens is 350 g/mol. The maximum Gasteiger partial charge on any atom is 0.292 e. The second-order valence-corrected chi connectivity index (χ2v) is 7.64. The number of carbonyl (C=O) groups is 1. The van der Waals surface area contributed by atoms with Crippen LogP contribution in [0.1, 0.15) is 5.56 Å². The third-order valence-electron chi connectivity index (χ3n) is 3.44. The molecule has 0 unspecified atom stereocenters. The van der Waals surface area contributed by atoms with Crippen molar-refractivity contribution in [2.75, 3.05) is 17.7 Å². The monoisotopic (exact) mass is 363 g/mol. The molecule has 0 spiro atoms. The van der Waals surface area contributed by atoms with E-state index in [-0.39, 0.29) is 23.0 Å². The number of anilines is 1. The molecule has 0 saturated heterocycles. The number of rotatable bonds is 3. The van der Waals surface area contributed by atoms with Crippen LogP contribution in [0.4, 0.5) is 5.69 Å². The normalized spacial score (nSPS) is 16.4. The molecule has 1 N–H and O–H groups in total. The van der Waals surface area contributed by atoms with Crippen molar-refractivity contribution in [1.29, 1.82) is 0 Å². The molecule has 5 nitrogen and oxygen atoms in total. The zero-order chi connectivity index (χ0) is 17.2. The molecule has 24 heavy (non-hydrogen) atoms. The predicted molar refractivity (Wildman–Crippen MR) is 93.2 cm³/mol. The number of carbonyl (C=O) groups excluding carboxylic acids is 1. The average molecular weight is 364 g/mol. The lowest BCUT2D eigenvalue weighted by Crippen LogP contribution is -2.28. The number of sulfone groups is 1. The minimum absolute atomic E-state index is 0.0586. The highest BCUT2D eigenvalue weighted by molar-refractivity contribution is 8.00. The first-order valence-electron chi connectivity index (χ1n) is 7.19. The summed E-state index contributed by atoms with van der Waals surface area (Å²) in [5.41, 5.74) is 0.882. The molecule has 0 atom stereocenters. The smallest absolute Gasteiger partial charge is 0.292 e. The van der Waals surface area contributed by atoms with E-state index >= 15 is 0 Å². The van der Waals surface area contributed by atoms with Crippen LogP contribution in [0.3, 0.4) is 0 Å². The van der Waals surface area contributed by atoms with Crippen molar-refractivity contribution in [2.45, 2.75) is 0 Å². The van der Waals surface area contributed by atoms with Gasteiger partial charge >= 0.3 is 0 Å². The van der Waals surface area contributed by atoms with Crippen molar-refractivity contribution in [3.8, 4) is 0 Å². The van der Waals surface area contributed by atoms with Crippen LogP contribution in [0.15, 0.2) is 60.4 Å². The van der Waals surface area contributed by atoms with Crippen LogP contribution >= 0.6 is 11.6 Å². The van der Waals surface area contributed by atoms with E-state index in [0.717, 1.165) is 0 Å². The minimum atomic E-state index is -3.60. The summed E-state index contributed by atoms with van der Waals surface area (Å²) in [7, 11) is -3.60. The number of hydrogen-bond acceptors (Lipinski definition) is 4. The van der Waals surface area contributed by atoms with Crippen molar-refractivity contribution < 1.29 is 17.9 Å². The summed E-state index contributed by atoms with van der Waals surface area (Å²) in [6, 6.07) is 15.0. The number of amides is 1. The van der Waals surface area contributed by atoms with Gasteiger partial charge in [-0.25, -0.2) is 8.42 Å². The summed E-state index contributed by atoms with van der Waals surface area (Å²) in [5.74, 6) is -0.989. The van der Waals surface area contributed by atoms with Gasteiger partial charge in [0.25, 0.3) is 5.91 Å². The molecule has 3 rings (SSSR count). The van der Waals surface area contributed by atoms with Crippen molar-refractivity contribution >= 4 is 37.9 Å². The van der Waals surface area contributed by atoms with Gasteiger partial charge in [-0.15, -0.1) is 0 Å². The highest BCUT2D eigenvalue weighted by atomic mass is 35.5. The van der Waals surface area contributed by atoms with Gasteiger partial charge in [0.15, 0.2) is 9.84 Å². The summed E-state index contributed by atoms with van der Waals surface area (Å²) in [6.07, 6.45) is 0. The fraction of sp³-hybridized carbons (Fsp3) is 0.118. The standard InChI is InChI=1S/C17H14ClNO4S/c18-13-7-4-8-14(11-13)19-17(20)15-16(12-5-2-1-3-6-12)24(21,22)10-9-23-15/h1-8,11H,9-10H2,(H,19,20). The van der Waals surface area contributed by atoms with Crippen molar-refractivity contribution in [2.24, 2.45) is 0 Å². The lowest BCUT2D eigenvalue weighted by Gasteiger charge is -2.21. The third kappa shape index (κ3) is 3.44. The Labute approximate surface area is 144 Å². The highest BCUT2D eigenvalue weighted by Gasteiger charge is 2.33. The molecule has 1 aliphatic rings. The molecule has 0 saturated carbocycles. The molecule has 0 aliphatic carbocycles. The predicted octanol–water partition coefficient (Wildman–Crippen LogP) is 3.09. The van der Waals surface area contributed by atoms with Crippen LogP contribution in [0, 0.1) is 0 Å². The van der Waals surface area contributed by atoms with E-state index in [0.29, 0.717) is 16.3 Å². The number of benzene rings is 2. The number of hydrogen-bond donors (Lipinski definition) is 1.